The second-order valence-corrected chi connectivity index (χ2v) is 17.1. The van der Waals surface area contributed by atoms with Crippen molar-refractivity contribution in [1.29, 1.82) is 0 Å². The van der Waals surface area contributed by atoms with Crippen LogP contribution in [0.15, 0.2) is 243 Å². The Morgan fingerprint density at radius 1 is 0.317 bits per heavy atom. The lowest BCUT2D eigenvalue weighted by molar-refractivity contribution is 1.18. The Labute approximate surface area is 370 Å². The maximum atomic E-state index is 2.38. The molecule has 2 nitrogen and oxygen atoms in total. The Bertz CT molecular complexity index is 3580. The lowest BCUT2D eigenvalue weighted by atomic mass is 9.97. The van der Waals surface area contributed by atoms with E-state index in [2.05, 4.69) is 252 Å². The van der Waals surface area contributed by atoms with Gasteiger partial charge in [-0.3, -0.25) is 0 Å². The van der Waals surface area contributed by atoms with Crippen LogP contribution in [-0.4, -0.2) is 4.57 Å². The van der Waals surface area contributed by atoms with Crippen molar-refractivity contribution >= 4 is 70.4 Å². The van der Waals surface area contributed by atoms with E-state index in [-0.39, 0.29) is 0 Å². The normalized spacial score (nSPS) is 11.5. The van der Waals surface area contributed by atoms with Crippen molar-refractivity contribution in [2.75, 3.05) is 4.90 Å². The molecule has 0 atom stereocenters. The van der Waals surface area contributed by atoms with Gasteiger partial charge < -0.3 is 9.47 Å². The SMILES string of the molecule is c1ccc(-c2ccc(N(c3ccc(-c4cccc(-c5cccc6c5sc5ccccc56)c4)cc3)c3ccc(-c4cccc5c4c4ccccc4n5-c4ccccc4)cc3)cc2)cc1. The summed E-state index contributed by atoms with van der Waals surface area (Å²) in [6.07, 6.45) is 0. The zero-order valence-corrected chi connectivity index (χ0v) is 35.2. The van der Waals surface area contributed by atoms with Crippen LogP contribution in [0.1, 0.15) is 0 Å². The molecular formula is C60H40N2S. The summed E-state index contributed by atoms with van der Waals surface area (Å²) < 4.78 is 5.04. The molecule has 0 radical (unpaired) electrons. The highest BCUT2D eigenvalue weighted by Crippen LogP contribution is 2.43. The quantitative estimate of drug-likeness (QED) is 0.148. The summed E-state index contributed by atoms with van der Waals surface area (Å²) in [7, 11) is 0. The van der Waals surface area contributed by atoms with E-state index >= 15 is 0 Å². The largest absolute Gasteiger partial charge is 0.311 e. The van der Waals surface area contributed by atoms with E-state index < -0.39 is 0 Å². The molecule has 12 rings (SSSR count). The Morgan fingerprint density at radius 2 is 0.810 bits per heavy atom. The number of rotatable bonds is 8. The van der Waals surface area contributed by atoms with Crippen LogP contribution in [0.4, 0.5) is 17.1 Å². The summed E-state index contributed by atoms with van der Waals surface area (Å²) in [4.78, 5) is 2.36. The van der Waals surface area contributed by atoms with Gasteiger partial charge in [-0.2, -0.15) is 0 Å². The fraction of sp³-hybridized carbons (Fsp3) is 0. The van der Waals surface area contributed by atoms with Crippen LogP contribution in [0.2, 0.25) is 0 Å². The molecule has 0 saturated carbocycles. The molecule has 0 aliphatic carbocycles. The van der Waals surface area contributed by atoms with Crippen LogP contribution in [0, 0.1) is 0 Å². The van der Waals surface area contributed by atoms with E-state index in [0.29, 0.717) is 0 Å². The summed E-state index contributed by atoms with van der Waals surface area (Å²) in [5.41, 5.74) is 16.5. The average Bonchev–Trinajstić information content (AvgIpc) is 3.92. The van der Waals surface area contributed by atoms with Gasteiger partial charge in [-0.25, -0.2) is 0 Å². The van der Waals surface area contributed by atoms with Gasteiger partial charge in [0.05, 0.1) is 11.0 Å². The Kier molecular flexibility index (Phi) is 9.06. The average molecular weight is 821 g/mol. The van der Waals surface area contributed by atoms with Crippen LogP contribution in [0.5, 0.6) is 0 Å². The Hall–Kier alpha value is -7.98. The monoisotopic (exact) mass is 820 g/mol. The number of thiophene rings is 1. The third-order valence-electron chi connectivity index (χ3n) is 12.4. The molecule has 2 heterocycles. The van der Waals surface area contributed by atoms with Gasteiger partial charge in [0, 0.05) is 53.7 Å². The minimum absolute atomic E-state index is 1.09. The highest BCUT2D eigenvalue weighted by molar-refractivity contribution is 7.26. The molecular weight excluding hydrogens is 781 g/mol. The maximum Gasteiger partial charge on any atom is 0.0547 e. The first kappa shape index (κ1) is 36.8. The fourth-order valence-electron chi connectivity index (χ4n) is 9.43. The van der Waals surface area contributed by atoms with Crippen molar-refractivity contribution in [2.45, 2.75) is 0 Å². The van der Waals surface area contributed by atoms with Gasteiger partial charge in [0.15, 0.2) is 0 Å². The topological polar surface area (TPSA) is 8.17 Å². The number of aromatic nitrogens is 1. The number of fused-ring (bicyclic) bond motifs is 6. The van der Waals surface area contributed by atoms with E-state index in [0.717, 1.165) is 22.7 Å². The van der Waals surface area contributed by atoms with E-state index in [4.69, 9.17) is 0 Å². The first-order valence-corrected chi connectivity index (χ1v) is 22.3. The van der Waals surface area contributed by atoms with Gasteiger partial charge in [0.25, 0.3) is 0 Å². The number of hydrogen-bond acceptors (Lipinski definition) is 2. The molecule has 0 N–H and O–H groups in total. The van der Waals surface area contributed by atoms with Gasteiger partial charge >= 0.3 is 0 Å². The molecule has 63 heavy (non-hydrogen) atoms. The number of hydrogen-bond donors (Lipinski definition) is 0. The molecule has 0 saturated heterocycles. The van der Waals surface area contributed by atoms with Crippen molar-refractivity contribution in [3.8, 4) is 50.2 Å². The van der Waals surface area contributed by atoms with Crippen LogP contribution in [0.3, 0.4) is 0 Å². The summed E-state index contributed by atoms with van der Waals surface area (Å²) in [6, 6.07) is 88.2. The fourth-order valence-corrected chi connectivity index (χ4v) is 10.7. The minimum Gasteiger partial charge on any atom is -0.311 e. The van der Waals surface area contributed by atoms with Crippen LogP contribution >= 0.6 is 11.3 Å². The molecule has 0 amide bonds. The third kappa shape index (κ3) is 6.50. The van der Waals surface area contributed by atoms with Gasteiger partial charge in [0.1, 0.15) is 0 Å². The molecule has 0 aliphatic rings. The Balaban J connectivity index is 0.926. The zero-order valence-electron chi connectivity index (χ0n) is 34.4. The summed E-state index contributed by atoms with van der Waals surface area (Å²) in [6.45, 7) is 0. The van der Waals surface area contributed by atoms with Gasteiger partial charge in [-0.05, 0) is 117 Å². The predicted molar refractivity (Wildman–Crippen MR) is 270 cm³/mol. The molecule has 296 valence electrons. The summed E-state index contributed by atoms with van der Waals surface area (Å²) in [5, 5.41) is 5.15. The third-order valence-corrected chi connectivity index (χ3v) is 13.6. The minimum atomic E-state index is 1.09. The maximum absolute atomic E-state index is 2.38. The van der Waals surface area contributed by atoms with Crippen molar-refractivity contribution in [2.24, 2.45) is 0 Å². The summed E-state index contributed by atoms with van der Waals surface area (Å²) >= 11 is 1.88. The lowest BCUT2D eigenvalue weighted by Crippen LogP contribution is -2.09. The smallest absolute Gasteiger partial charge is 0.0547 e. The van der Waals surface area contributed by atoms with Gasteiger partial charge in [-0.15, -0.1) is 11.3 Å². The lowest BCUT2D eigenvalue weighted by Gasteiger charge is -2.26. The van der Waals surface area contributed by atoms with Gasteiger partial charge in [0.2, 0.25) is 0 Å². The second kappa shape index (κ2) is 15.5. The molecule has 0 bridgehead atoms. The number of nitrogens with zero attached hydrogens (tertiary/aromatic N) is 2. The molecule has 0 spiro atoms. The van der Waals surface area contributed by atoms with Crippen molar-refractivity contribution < 1.29 is 0 Å². The van der Waals surface area contributed by atoms with Crippen LogP contribution < -0.4 is 4.90 Å². The molecule has 0 fully saturated rings. The predicted octanol–water partition coefficient (Wildman–Crippen LogP) is 17.3. The standard InChI is InChI=1S/C60H40N2S/c1-3-14-41(15-4-1)42-28-34-48(35-29-42)61(49-36-30-43(31-37-49)45-16-11-17-46(40-45)52-23-12-24-54-53-20-8-10-27-58(53)63-60(52)54)50-38-32-44(33-39-50)51-22-13-26-57-59(51)55-21-7-9-25-56(55)62(57)47-18-5-2-6-19-47/h1-40H. The second-order valence-electron chi connectivity index (χ2n) is 16.1. The first-order valence-electron chi connectivity index (χ1n) is 21.5. The number of para-hydroxylation sites is 2. The van der Waals surface area contributed by atoms with Gasteiger partial charge in [-0.1, -0.05) is 170 Å². The number of benzene rings is 10. The number of anilines is 3. The molecule has 0 unspecified atom stereocenters. The Morgan fingerprint density at radius 3 is 1.54 bits per heavy atom. The van der Waals surface area contributed by atoms with E-state index in [1.54, 1.807) is 0 Å². The highest BCUT2D eigenvalue weighted by atomic mass is 32.1. The molecule has 2 aromatic heterocycles. The van der Waals surface area contributed by atoms with Crippen molar-refractivity contribution in [3.05, 3.63) is 243 Å². The summed E-state index contributed by atoms with van der Waals surface area (Å²) in [5.74, 6) is 0. The first-order chi connectivity index (χ1) is 31.2. The van der Waals surface area contributed by atoms with Crippen LogP contribution in [0.25, 0.3) is 92.2 Å². The zero-order chi connectivity index (χ0) is 41.7. The van der Waals surface area contributed by atoms with Crippen molar-refractivity contribution in [3.63, 3.8) is 0 Å². The molecule has 0 aliphatic heterocycles. The van der Waals surface area contributed by atoms with E-state index in [9.17, 15) is 0 Å². The van der Waals surface area contributed by atoms with Crippen LogP contribution in [-0.2, 0) is 0 Å². The van der Waals surface area contributed by atoms with E-state index in [1.165, 1.54) is 86.5 Å². The molecule has 3 heteroatoms. The highest BCUT2D eigenvalue weighted by Gasteiger charge is 2.18. The van der Waals surface area contributed by atoms with E-state index in [1.807, 2.05) is 11.3 Å². The molecule has 12 aromatic rings. The van der Waals surface area contributed by atoms with Crippen molar-refractivity contribution in [1.82, 2.24) is 4.57 Å². The molecule has 10 aromatic carbocycles.